The van der Waals surface area contributed by atoms with Gasteiger partial charge in [-0.2, -0.15) is 0 Å². The molecule has 8 nitrogen and oxygen atoms in total. The Hall–Kier alpha value is -3.33. The van der Waals surface area contributed by atoms with Crippen molar-refractivity contribution in [2.24, 2.45) is 0 Å². The molecule has 3 amide bonds. The predicted molar refractivity (Wildman–Crippen MR) is 115 cm³/mol. The van der Waals surface area contributed by atoms with Gasteiger partial charge in [0.2, 0.25) is 0 Å². The number of carbonyl (C=O) groups excluding carboxylic acids is 3. The number of amides is 3. The van der Waals surface area contributed by atoms with Gasteiger partial charge in [-0.1, -0.05) is 19.1 Å². The molecule has 0 saturated carbocycles. The third-order valence-corrected chi connectivity index (χ3v) is 5.82. The first-order chi connectivity index (χ1) is 14.3. The average molecular weight is 429 g/mol. The van der Waals surface area contributed by atoms with E-state index in [9.17, 15) is 19.5 Å². The Bertz CT molecular complexity index is 1010. The molecule has 2 heterocycles. The van der Waals surface area contributed by atoms with Crippen LogP contribution in [-0.4, -0.2) is 53.8 Å². The molecule has 1 atom stereocenters. The lowest BCUT2D eigenvalue weighted by molar-refractivity contribution is -0.136. The first-order valence-electron chi connectivity index (χ1n) is 9.43. The molecule has 1 aliphatic rings. The molecular formula is C21H24N4O4S. The summed E-state index contributed by atoms with van der Waals surface area (Å²) in [4.78, 5) is 41.1. The minimum absolute atomic E-state index is 0.0299. The highest BCUT2D eigenvalue weighted by Gasteiger charge is 2.37. The van der Waals surface area contributed by atoms with Crippen molar-refractivity contribution in [3.63, 3.8) is 0 Å². The van der Waals surface area contributed by atoms with Gasteiger partial charge in [-0.15, -0.1) is 11.3 Å². The summed E-state index contributed by atoms with van der Waals surface area (Å²) >= 11 is 1.56. The fraction of sp³-hybridized carbons (Fsp3) is 0.286. The lowest BCUT2D eigenvalue weighted by Gasteiger charge is -2.18. The average Bonchev–Trinajstić information content (AvgIpc) is 3.32. The van der Waals surface area contributed by atoms with Crippen molar-refractivity contribution in [3.8, 4) is 5.75 Å². The molecule has 1 aromatic carbocycles. The molecule has 158 valence electrons. The van der Waals surface area contributed by atoms with Gasteiger partial charge in [-0.3, -0.25) is 19.3 Å². The highest BCUT2D eigenvalue weighted by Crippen LogP contribution is 2.32. The number of benzene rings is 1. The van der Waals surface area contributed by atoms with Crippen LogP contribution in [0.5, 0.6) is 5.75 Å². The number of nitrogens with one attached hydrogen (secondary N) is 2. The van der Waals surface area contributed by atoms with E-state index in [4.69, 9.17) is 0 Å². The van der Waals surface area contributed by atoms with Gasteiger partial charge >= 0.3 is 0 Å². The molecule has 0 radical (unpaired) electrons. The largest absolute Gasteiger partial charge is 0.505 e. The summed E-state index contributed by atoms with van der Waals surface area (Å²) in [6.07, 6.45) is 0.709. The van der Waals surface area contributed by atoms with E-state index in [1.54, 1.807) is 37.6 Å². The molecule has 0 aliphatic carbocycles. The van der Waals surface area contributed by atoms with Crippen LogP contribution in [-0.2, 0) is 9.59 Å². The Morgan fingerprint density at radius 2 is 1.87 bits per heavy atom. The van der Waals surface area contributed by atoms with E-state index in [-0.39, 0.29) is 40.3 Å². The zero-order chi connectivity index (χ0) is 22.0. The molecule has 2 aromatic rings. The topological polar surface area (TPSA) is 102 Å². The highest BCUT2D eigenvalue weighted by molar-refractivity contribution is 7.10. The van der Waals surface area contributed by atoms with Crippen LogP contribution in [0.3, 0.4) is 0 Å². The molecule has 0 unspecified atom stereocenters. The number of rotatable bonds is 7. The van der Waals surface area contributed by atoms with Gasteiger partial charge in [0.15, 0.2) is 5.75 Å². The van der Waals surface area contributed by atoms with E-state index in [0.717, 1.165) is 9.78 Å². The van der Waals surface area contributed by atoms with Crippen molar-refractivity contribution < 1.29 is 19.5 Å². The van der Waals surface area contributed by atoms with Crippen LogP contribution in [0.1, 0.15) is 34.6 Å². The van der Waals surface area contributed by atoms with Crippen molar-refractivity contribution in [2.75, 3.05) is 26.5 Å². The molecule has 0 saturated heterocycles. The molecule has 0 bridgehead atoms. The maximum absolute atomic E-state index is 12.7. The maximum Gasteiger partial charge on any atom is 0.279 e. The zero-order valence-corrected chi connectivity index (χ0v) is 18.0. The van der Waals surface area contributed by atoms with E-state index in [0.29, 0.717) is 6.42 Å². The molecule has 3 rings (SSSR count). The molecule has 0 spiro atoms. The number of imide groups is 1. The number of aromatic hydroxyl groups is 1. The minimum atomic E-state index is -0.521. The Balaban J connectivity index is 1.99. The van der Waals surface area contributed by atoms with Crippen LogP contribution in [0.25, 0.3) is 0 Å². The number of hydrogen-bond donors (Lipinski definition) is 3. The fourth-order valence-electron chi connectivity index (χ4n) is 3.12. The third kappa shape index (κ3) is 3.88. The summed E-state index contributed by atoms with van der Waals surface area (Å²) in [7, 11) is 4.56. The SMILES string of the molecule is CC[C@@H](NC1=C(Nc2cccc(C(=O)N(C)C)c2O)C(=O)N(C)C1=O)c1cccs1. The van der Waals surface area contributed by atoms with E-state index in [1.807, 2.05) is 24.4 Å². The van der Waals surface area contributed by atoms with Crippen LogP contribution in [0.15, 0.2) is 47.1 Å². The molecular weight excluding hydrogens is 404 g/mol. The number of likely N-dealkylation sites (N-methyl/N-ethyl adjacent to an activating group) is 1. The molecule has 3 N–H and O–H groups in total. The Morgan fingerprint density at radius 1 is 1.17 bits per heavy atom. The molecule has 0 fully saturated rings. The number of thiophene rings is 1. The predicted octanol–water partition coefficient (Wildman–Crippen LogP) is 2.52. The van der Waals surface area contributed by atoms with Crippen molar-refractivity contribution in [1.29, 1.82) is 0 Å². The lowest BCUT2D eigenvalue weighted by Crippen LogP contribution is -2.31. The molecule has 1 aliphatic heterocycles. The second kappa shape index (κ2) is 8.58. The second-order valence-electron chi connectivity index (χ2n) is 7.07. The van der Waals surface area contributed by atoms with Crippen LogP contribution in [0.2, 0.25) is 0 Å². The van der Waals surface area contributed by atoms with Crippen molar-refractivity contribution >= 4 is 34.7 Å². The Kier molecular flexibility index (Phi) is 6.12. The number of para-hydroxylation sites is 1. The van der Waals surface area contributed by atoms with Gasteiger partial charge < -0.3 is 20.6 Å². The number of hydrogen-bond acceptors (Lipinski definition) is 7. The van der Waals surface area contributed by atoms with Gasteiger partial charge in [0.25, 0.3) is 17.7 Å². The maximum atomic E-state index is 12.7. The molecule has 30 heavy (non-hydrogen) atoms. The summed E-state index contributed by atoms with van der Waals surface area (Å²) in [5, 5.41) is 18.6. The highest BCUT2D eigenvalue weighted by atomic mass is 32.1. The molecule has 9 heteroatoms. The monoisotopic (exact) mass is 428 g/mol. The third-order valence-electron chi connectivity index (χ3n) is 4.83. The van der Waals surface area contributed by atoms with Gasteiger partial charge in [-0.25, -0.2) is 0 Å². The Labute approximate surface area is 178 Å². The van der Waals surface area contributed by atoms with E-state index in [1.165, 1.54) is 18.0 Å². The summed E-state index contributed by atoms with van der Waals surface area (Å²) in [5.74, 6) is -1.65. The normalized spacial score (nSPS) is 14.9. The van der Waals surface area contributed by atoms with Gasteiger partial charge in [-0.05, 0) is 30.0 Å². The van der Waals surface area contributed by atoms with Crippen molar-refractivity contribution in [3.05, 3.63) is 57.5 Å². The van der Waals surface area contributed by atoms with Gasteiger partial charge in [0.1, 0.15) is 11.4 Å². The van der Waals surface area contributed by atoms with E-state index >= 15 is 0 Å². The van der Waals surface area contributed by atoms with Gasteiger partial charge in [0.05, 0.1) is 17.3 Å². The van der Waals surface area contributed by atoms with Crippen molar-refractivity contribution in [1.82, 2.24) is 15.1 Å². The number of phenols is 1. The van der Waals surface area contributed by atoms with Crippen LogP contribution in [0, 0.1) is 0 Å². The number of carbonyl (C=O) groups is 3. The quantitative estimate of drug-likeness (QED) is 0.463. The van der Waals surface area contributed by atoms with Crippen LogP contribution < -0.4 is 10.6 Å². The standard InChI is InChI=1S/C21H24N4O4S/c1-5-13(15-10-7-11-30-15)22-16-17(21(29)25(4)20(16)28)23-14-9-6-8-12(18(14)26)19(27)24(2)3/h6-11,13,22-23,26H,5H2,1-4H3/t13-/m1/s1. The lowest BCUT2D eigenvalue weighted by atomic mass is 10.1. The fourth-order valence-corrected chi connectivity index (χ4v) is 3.98. The number of nitrogens with zero attached hydrogens (tertiary/aromatic N) is 2. The first-order valence-corrected chi connectivity index (χ1v) is 10.3. The Morgan fingerprint density at radius 3 is 2.47 bits per heavy atom. The summed E-state index contributed by atoms with van der Waals surface area (Å²) in [6.45, 7) is 1.98. The summed E-state index contributed by atoms with van der Waals surface area (Å²) in [5.41, 5.74) is 0.418. The second-order valence-corrected chi connectivity index (χ2v) is 8.05. The van der Waals surface area contributed by atoms with E-state index < -0.39 is 11.8 Å². The molecule has 1 aromatic heterocycles. The summed E-state index contributed by atoms with van der Waals surface area (Å²) in [6, 6.07) is 8.38. The smallest absolute Gasteiger partial charge is 0.279 e. The minimum Gasteiger partial charge on any atom is -0.505 e. The van der Waals surface area contributed by atoms with Gasteiger partial charge in [0, 0.05) is 26.0 Å². The number of anilines is 1. The summed E-state index contributed by atoms with van der Waals surface area (Å²) < 4.78 is 0. The first kappa shape index (κ1) is 21.4. The zero-order valence-electron chi connectivity index (χ0n) is 17.2. The van der Waals surface area contributed by atoms with Crippen molar-refractivity contribution in [2.45, 2.75) is 19.4 Å². The number of phenolic OH excluding ortho intramolecular Hbond substituents is 1. The van der Waals surface area contributed by atoms with Crippen LogP contribution >= 0.6 is 11.3 Å². The van der Waals surface area contributed by atoms with Crippen LogP contribution in [0.4, 0.5) is 5.69 Å². The van der Waals surface area contributed by atoms with E-state index in [2.05, 4.69) is 10.6 Å².